The maximum Gasteiger partial charge on any atom is 0.106 e. The predicted octanol–water partition coefficient (Wildman–Crippen LogP) is 2.24. The normalized spacial score (nSPS) is 12.8. The molecule has 13 heavy (non-hydrogen) atoms. The number of ether oxygens (including phenoxy) is 1. The summed E-state index contributed by atoms with van der Waals surface area (Å²) in [4.78, 5) is 0. The first-order valence-corrected chi connectivity index (χ1v) is 4.55. The van der Waals surface area contributed by atoms with Gasteiger partial charge in [-0.2, -0.15) is 0 Å². The van der Waals surface area contributed by atoms with Crippen LogP contribution in [0.2, 0.25) is 0 Å². The van der Waals surface area contributed by atoms with Crippen LogP contribution in [0.3, 0.4) is 0 Å². The Morgan fingerprint density at radius 2 is 2.00 bits per heavy atom. The molecule has 1 aromatic carbocycles. The van der Waals surface area contributed by atoms with E-state index in [0.29, 0.717) is 19.1 Å². The molecule has 0 saturated heterocycles. The Morgan fingerprint density at radius 3 is 2.62 bits per heavy atom. The number of hydrogen-bond donors (Lipinski definition) is 0. The van der Waals surface area contributed by atoms with Gasteiger partial charge in [0.15, 0.2) is 0 Å². The van der Waals surface area contributed by atoms with Crippen molar-refractivity contribution >= 4 is 0 Å². The van der Waals surface area contributed by atoms with Gasteiger partial charge in [-0.15, -0.1) is 0 Å². The highest BCUT2D eigenvalue weighted by Crippen LogP contribution is 2.14. The fraction of sp³-hybridized carbons (Fsp3) is 0.455. The molecule has 0 bridgehead atoms. The molecule has 0 saturated carbocycles. The van der Waals surface area contributed by atoms with Gasteiger partial charge in [0.25, 0.3) is 0 Å². The van der Waals surface area contributed by atoms with Gasteiger partial charge >= 0.3 is 0 Å². The minimum Gasteiger partial charge on any atom is -0.378 e. The molecule has 0 aliphatic rings. The van der Waals surface area contributed by atoms with Crippen LogP contribution in [-0.2, 0) is 9.84 Å². The molecular formula is C11H15O2. The fourth-order valence-electron chi connectivity index (χ4n) is 1.20. The van der Waals surface area contributed by atoms with Crippen molar-refractivity contribution in [2.75, 3.05) is 19.8 Å². The highest BCUT2D eigenvalue weighted by atomic mass is 16.5. The SMILES string of the molecule is CC(COCC[O])c1ccccc1. The van der Waals surface area contributed by atoms with Gasteiger partial charge in [0.2, 0.25) is 0 Å². The third-order valence-electron chi connectivity index (χ3n) is 1.96. The molecule has 0 aliphatic heterocycles. The van der Waals surface area contributed by atoms with Crippen LogP contribution in [0.1, 0.15) is 18.4 Å². The van der Waals surface area contributed by atoms with Crippen molar-refractivity contribution in [3.8, 4) is 0 Å². The van der Waals surface area contributed by atoms with E-state index in [1.807, 2.05) is 18.2 Å². The van der Waals surface area contributed by atoms with Crippen molar-refractivity contribution in [1.29, 1.82) is 0 Å². The largest absolute Gasteiger partial charge is 0.378 e. The number of hydrogen-bond acceptors (Lipinski definition) is 1. The molecule has 2 nitrogen and oxygen atoms in total. The lowest BCUT2D eigenvalue weighted by molar-refractivity contribution is 0.0583. The Kier molecular flexibility index (Phi) is 4.50. The van der Waals surface area contributed by atoms with Crippen molar-refractivity contribution in [3.05, 3.63) is 35.9 Å². The third-order valence-corrected chi connectivity index (χ3v) is 1.96. The Labute approximate surface area is 79.2 Å². The highest BCUT2D eigenvalue weighted by Gasteiger charge is 2.03. The lowest BCUT2D eigenvalue weighted by Gasteiger charge is -2.11. The average Bonchev–Trinajstić information content (AvgIpc) is 2.19. The molecule has 1 aromatic rings. The fourth-order valence-corrected chi connectivity index (χ4v) is 1.20. The van der Waals surface area contributed by atoms with Gasteiger partial charge in [0.05, 0.1) is 13.2 Å². The topological polar surface area (TPSA) is 29.1 Å². The van der Waals surface area contributed by atoms with Crippen molar-refractivity contribution in [2.45, 2.75) is 12.8 Å². The van der Waals surface area contributed by atoms with Crippen LogP contribution in [-0.4, -0.2) is 19.8 Å². The van der Waals surface area contributed by atoms with Gasteiger partial charge in [-0.1, -0.05) is 37.3 Å². The molecule has 0 fully saturated rings. The standard InChI is InChI=1S/C11H15O2/c1-10(9-13-8-7-12)11-5-3-2-4-6-11/h2-6,10H,7-9H2,1H3. The van der Waals surface area contributed by atoms with E-state index in [9.17, 15) is 5.11 Å². The maximum atomic E-state index is 10.1. The molecule has 2 heteroatoms. The van der Waals surface area contributed by atoms with E-state index >= 15 is 0 Å². The predicted molar refractivity (Wildman–Crippen MR) is 51.2 cm³/mol. The zero-order valence-electron chi connectivity index (χ0n) is 7.90. The first-order valence-electron chi connectivity index (χ1n) is 4.55. The van der Waals surface area contributed by atoms with Crippen LogP contribution >= 0.6 is 0 Å². The van der Waals surface area contributed by atoms with Gasteiger partial charge in [0, 0.05) is 5.92 Å². The lowest BCUT2D eigenvalue weighted by Crippen LogP contribution is -2.06. The molecule has 1 rings (SSSR count). The summed E-state index contributed by atoms with van der Waals surface area (Å²) in [7, 11) is 0. The average molecular weight is 179 g/mol. The maximum absolute atomic E-state index is 10.1. The zero-order chi connectivity index (χ0) is 9.52. The molecule has 0 aliphatic carbocycles. The second-order valence-corrected chi connectivity index (χ2v) is 3.09. The molecular weight excluding hydrogens is 164 g/mol. The van der Waals surface area contributed by atoms with Crippen LogP contribution in [0.4, 0.5) is 0 Å². The molecule has 0 spiro atoms. The summed E-state index contributed by atoms with van der Waals surface area (Å²) in [6.07, 6.45) is 0. The second kappa shape index (κ2) is 5.73. The monoisotopic (exact) mass is 179 g/mol. The summed E-state index contributed by atoms with van der Waals surface area (Å²) < 4.78 is 5.19. The van der Waals surface area contributed by atoms with Crippen LogP contribution in [0, 0.1) is 0 Å². The van der Waals surface area contributed by atoms with Crippen LogP contribution in [0.15, 0.2) is 30.3 Å². The molecule has 71 valence electrons. The number of rotatable bonds is 5. The van der Waals surface area contributed by atoms with E-state index in [-0.39, 0.29) is 6.61 Å². The van der Waals surface area contributed by atoms with Crippen molar-refractivity contribution in [2.24, 2.45) is 0 Å². The van der Waals surface area contributed by atoms with Gasteiger partial charge < -0.3 is 4.74 Å². The minimum absolute atomic E-state index is 0.151. The van der Waals surface area contributed by atoms with Crippen molar-refractivity contribution < 1.29 is 9.84 Å². The summed E-state index contributed by atoms with van der Waals surface area (Å²) >= 11 is 0. The first-order chi connectivity index (χ1) is 6.34. The van der Waals surface area contributed by atoms with Gasteiger partial charge in [0.1, 0.15) is 6.61 Å². The first kappa shape index (κ1) is 10.2. The van der Waals surface area contributed by atoms with E-state index in [0.717, 1.165) is 0 Å². The van der Waals surface area contributed by atoms with Gasteiger partial charge in [-0.05, 0) is 5.56 Å². The Hall–Kier alpha value is -0.860. The molecule has 1 radical (unpaired) electrons. The van der Waals surface area contributed by atoms with E-state index in [4.69, 9.17) is 4.74 Å². The summed E-state index contributed by atoms with van der Waals surface area (Å²) in [5, 5.41) is 10.1. The molecule has 1 atom stereocenters. The van der Waals surface area contributed by atoms with E-state index in [2.05, 4.69) is 19.1 Å². The van der Waals surface area contributed by atoms with Crippen LogP contribution in [0.25, 0.3) is 0 Å². The quantitative estimate of drug-likeness (QED) is 0.637. The summed E-state index contributed by atoms with van der Waals surface area (Å²) in [6, 6.07) is 10.2. The van der Waals surface area contributed by atoms with Crippen LogP contribution < -0.4 is 0 Å². The summed E-state index contributed by atoms with van der Waals surface area (Å²) in [6.45, 7) is 2.89. The third kappa shape index (κ3) is 3.57. The smallest absolute Gasteiger partial charge is 0.106 e. The molecule has 1 unspecified atom stereocenters. The Morgan fingerprint density at radius 1 is 1.31 bits per heavy atom. The minimum atomic E-state index is -0.151. The Bertz CT molecular complexity index is 221. The van der Waals surface area contributed by atoms with Crippen molar-refractivity contribution in [3.63, 3.8) is 0 Å². The highest BCUT2D eigenvalue weighted by molar-refractivity contribution is 5.18. The van der Waals surface area contributed by atoms with Gasteiger partial charge in [-0.3, -0.25) is 0 Å². The summed E-state index contributed by atoms with van der Waals surface area (Å²) in [5.41, 5.74) is 1.26. The van der Waals surface area contributed by atoms with E-state index < -0.39 is 0 Å². The van der Waals surface area contributed by atoms with E-state index in [1.165, 1.54) is 5.56 Å². The second-order valence-electron chi connectivity index (χ2n) is 3.09. The van der Waals surface area contributed by atoms with Crippen molar-refractivity contribution in [1.82, 2.24) is 0 Å². The van der Waals surface area contributed by atoms with E-state index in [1.54, 1.807) is 0 Å². The molecule has 0 amide bonds. The number of benzene rings is 1. The zero-order valence-corrected chi connectivity index (χ0v) is 7.90. The molecule has 0 heterocycles. The lowest BCUT2D eigenvalue weighted by atomic mass is 10.0. The molecule has 0 aromatic heterocycles. The Balaban J connectivity index is 2.35. The van der Waals surface area contributed by atoms with Crippen LogP contribution in [0.5, 0.6) is 0 Å². The summed E-state index contributed by atoms with van der Waals surface area (Å²) in [5.74, 6) is 0.368. The molecule has 0 N–H and O–H groups in total. The van der Waals surface area contributed by atoms with Gasteiger partial charge in [-0.25, -0.2) is 5.11 Å².